The van der Waals surface area contributed by atoms with Crippen molar-refractivity contribution >= 4 is 22.7 Å². The van der Waals surface area contributed by atoms with Crippen molar-refractivity contribution in [2.45, 2.75) is 12.8 Å². The van der Waals surface area contributed by atoms with Crippen LogP contribution in [-0.2, 0) is 6.42 Å². The Morgan fingerprint density at radius 3 is 2.44 bits per heavy atom. The first-order chi connectivity index (χ1) is 12.2. The number of rotatable bonds is 4. The third kappa shape index (κ3) is 2.48. The van der Waals surface area contributed by atoms with E-state index >= 15 is 0 Å². The van der Waals surface area contributed by atoms with Gasteiger partial charge in [-0.05, 0) is 48.7 Å². The van der Waals surface area contributed by atoms with Crippen molar-refractivity contribution in [3.63, 3.8) is 0 Å². The van der Waals surface area contributed by atoms with Crippen LogP contribution in [0.25, 0.3) is 10.9 Å². The molecule has 2 amide bonds. The van der Waals surface area contributed by atoms with Gasteiger partial charge in [-0.2, -0.15) is 5.26 Å². The zero-order chi connectivity index (χ0) is 17.4. The summed E-state index contributed by atoms with van der Waals surface area (Å²) in [5, 5.41) is 10.1. The molecule has 2 aromatic carbocycles. The first-order valence-electron chi connectivity index (χ1n) is 8.14. The number of hydrogen-bond acceptors (Lipinski definition) is 3. The minimum absolute atomic E-state index is 0.216. The molecule has 0 bridgehead atoms. The van der Waals surface area contributed by atoms with Gasteiger partial charge in [0.05, 0.1) is 22.8 Å². The summed E-state index contributed by atoms with van der Waals surface area (Å²) in [6.45, 7) is 0.386. The molecule has 3 aromatic rings. The first kappa shape index (κ1) is 15.2. The van der Waals surface area contributed by atoms with E-state index in [0.717, 1.165) is 22.9 Å². The van der Waals surface area contributed by atoms with Crippen LogP contribution in [0.5, 0.6) is 0 Å². The Bertz CT molecular complexity index is 1010. The van der Waals surface area contributed by atoms with Crippen LogP contribution in [0.1, 0.15) is 38.3 Å². The molecule has 1 aliphatic heterocycles. The largest absolute Gasteiger partial charge is 0.361 e. The SMILES string of the molecule is N#Cc1ccc2[nH]cc(CCCN3C(=O)c4ccccc4C3=O)c2c1. The topological polar surface area (TPSA) is 77.0 Å². The molecule has 0 fully saturated rings. The highest BCUT2D eigenvalue weighted by Crippen LogP contribution is 2.24. The monoisotopic (exact) mass is 329 g/mol. The molecular weight excluding hydrogens is 314 g/mol. The van der Waals surface area contributed by atoms with Gasteiger partial charge in [0.2, 0.25) is 0 Å². The molecule has 5 heteroatoms. The van der Waals surface area contributed by atoms with Crippen molar-refractivity contribution in [1.82, 2.24) is 9.88 Å². The second kappa shape index (κ2) is 5.91. The standard InChI is InChI=1S/C20H15N3O2/c21-11-13-7-8-18-17(10-13)14(12-22-18)4-3-9-23-19(24)15-5-1-2-6-16(15)20(23)25/h1-2,5-8,10,12,22H,3-4,9H2. The second-order valence-corrected chi connectivity index (χ2v) is 6.10. The number of H-pyrrole nitrogens is 1. The molecule has 5 nitrogen and oxygen atoms in total. The molecule has 0 aliphatic carbocycles. The van der Waals surface area contributed by atoms with Crippen LogP contribution < -0.4 is 0 Å². The third-order valence-electron chi connectivity index (χ3n) is 4.60. The maximum absolute atomic E-state index is 12.4. The van der Waals surface area contributed by atoms with Crippen molar-refractivity contribution in [3.8, 4) is 6.07 Å². The van der Waals surface area contributed by atoms with Crippen molar-refractivity contribution in [1.29, 1.82) is 5.26 Å². The molecule has 1 aromatic heterocycles. The van der Waals surface area contributed by atoms with Gasteiger partial charge in [-0.3, -0.25) is 14.5 Å². The number of nitrogens with one attached hydrogen (secondary N) is 1. The Kier molecular flexibility index (Phi) is 3.58. The number of amides is 2. The molecule has 2 heterocycles. The van der Waals surface area contributed by atoms with Gasteiger partial charge in [0.15, 0.2) is 0 Å². The Morgan fingerprint density at radius 1 is 1.04 bits per heavy atom. The van der Waals surface area contributed by atoms with Gasteiger partial charge in [-0.15, -0.1) is 0 Å². The lowest BCUT2D eigenvalue weighted by atomic mass is 10.1. The summed E-state index contributed by atoms with van der Waals surface area (Å²) in [5.41, 5.74) is 3.66. The highest BCUT2D eigenvalue weighted by molar-refractivity contribution is 6.21. The van der Waals surface area contributed by atoms with Gasteiger partial charge in [-0.1, -0.05) is 12.1 Å². The molecule has 0 saturated heterocycles. The molecule has 0 radical (unpaired) electrons. The van der Waals surface area contributed by atoms with E-state index in [-0.39, 0.29) is 11.8 Å². The number of aryl methyl sites for hydroxylation is 1. The summed E-state index contributed by atoms with van der Waals surface area (Å²) in [7, 11) is 0. The maximum atomic E-state index is 12.4. The smallest absolute Gasteiger partial charge is 0.261 e. The number of aromatic nitrogens is 1. The van der Waals surface area contributed by atoms with Gasteiger partial charge in [0.25, 0.3) is 11.8 Å². The fraction of sp³-hybridized carbons (Fsp3) is 0.150. The molecule has 122 valence electrons. The number of hydrogen-bond donors (Lipinski definition) is 1. The maximum Gasteiger partial charge on any atom is 0.261 e. The molecular formula is C20H15N3O2. The van der Waals surface area contributed by atoms with Gasteiger partial charge in [-0.25, -0.2) is 0 Å². The fourth-order valence-electron chi connectivity index (χ4n) is 3.32. The Labute approximate surface area is 144 Å². The van der Waals surface area contributed by atoms with Gasteiger partial charge in [0, 0.05) is 23.6 Å². The minimum Gasteiger partial charge on any atom is -0.361 e. The molecule has 0 spiro atoms. The van der Waals surface area contributed by atoms with Crippen molar-refractivity contribution in [2.75, 3.05) is 6.54 Å². The van der Waals surface area contributed by atoms with Gasteiger partial charge < -0.3 is 4.98 Å². The zero-order valence-electron chi connectivity index (χ0n) is 13.5. The van der Waals surface area contributed by atoms with Gasteiger partial charge >= 0.3 is 0 Å². The molecule has 0 atom stereocenters. The normalized spacial score (nSPS) is 13.3. The lowest BCUT2D eigenvalue weighted by molar-refractivity contribution is 0.0652. The number of aromatic amines is 1. The minimum atomic E-state index is -0.216. The van der Waals surface area contributed by atoms with Crippen LogP contribution in [0.15, 0.2) is 48.7 Å². The van der Waals surface area contributed by atoms with Crippen molar-refractivity contribution in [2.24, 2.45) is 0 Å². The molecule has 0 unspecified atom stereocenters. The highest BCUT2D eigenvalue weighted by Gasteiger charge is 2.34. The summed E-state index contributed by atoms with van der Waals surface area (Å²) in [6.07, 6.45) is 3.33. The average molecular weight is 329 g/mol. The lowest BCUT2D eigenvalue weighted by Gasteiger charge is -2.13. The number of carbonyl (C=O) groups excluding carboxylic acids is 2. The Balaban J connectivity index is 1.48. The van der Waals surface area contributed by atoms with Crippen LogP contribution >= 0.6 is 0 Å². The number of nitrogens with zero attached hydrogens (tertiary/aromatic N) is 2. The number of carbonyl (C=O) groups is 2. The quantitative estimate of drug-likeness (QED) is 0.746. The summed E-state index contributed by atoms with van der Waals surface area (Å²) >= 11 is 0. The molecule has 1 aliphatic rings. The molecule has 0 saturated carbocycles. The van der Waals surface area contributed by atoms with Crippen LogP contribution in [0.2, 0.25) is 0 Å². The van der Waals surface area contributed by atoms with Crippen LogP contribution in [0, 0.1) is 11.3 Å². The van der Waals surface area contributed by atoms with Crippen LogP contribution in [-0.4, -0.2) is 28.2 Å². The predicted octanol–water partition coefficient (Wildman–Crippen LogP) is 3.27. The van der Waals surface area contributed by atoms with Crippen molar-refractivity contribution < 1.29 is 9.59 Å². The fourth-order valence-corrected chi connectivity index (χ4v) is 3.32. The molecule has 25 heavy (non-hydrogen) atoms. The summed E-state index contributed by atoms with van der Waals surface area (Å²) in [5.74, 6) is -0.433. The first-order valence-corrected chi connectivity index (χ1v) is 8.14. The highest BCUT2D eigenvalue weighted by atomic mass is 16.2. The van der Waals surface area contributed by atoms with Crippen LogP contribution in [0.3, 0.4) is 0 Å². The third-order valence-corrected chi connectivity index (χ3v) is 4.60. The summed E-state index contributed by atoms with van der Waals surface area (Å²) in [4.78, 5) is 29.2. The summed E-state index contributed by atoms with van der Waals surface area (Å²) < 4.78 is 0. The molecule has 1 N–H and O–H groups in total. The van der Waals surface area contributed by atoms with E-state index in [2.05, 4.69) is 11.1 Å². The number of fused-ring (bicyclic) bond motifs is 2. The van der Waals surface area contributed by atoms with Crippen molar-refractivity contribution in [3.05, 3.63) is 70.9 Å². The van der Waals surface area contributed by atoms with E-state index in [1.165, 1.54) is 4.90 Å². The van der Waals surface area contributed by atoms with E-state index in [1.54, 1.807) is 30.3 Å². The Hall–Kier alpha value is -3.39. The van der Waals surface area contributed by atoms with E-state index in [1.807, 2.05) is 18.3 Å². The zero-order valence-corrected chi connectivity index (χ0v) is 13.5. The predicted molar refractivity (Wildman–Crippen MR) is 93.1 cm³/mol. The van der Waals surface area contributed by atoms with E-state index < -0.39 is 0 Å². The van der Waals surface area contributed by atoms with Gasteiger partial charge in [0.1, 0.15) is 0 Å². The summed E-state index contributed by atoms with van der Waals surface area (Å²) in [6, 6.07) is 14.6. The molecule has 4 rings (SSSR count). The number of benzene rings is 2. The lowest BCUT2D eigenvalue weighted by Crippen LogP contribution is -2.30. The number of nitriles is 1. The van der Waals surface area contributed by atoms with Crippen LogP contribution in [0.4, 0.5) is 0 Å². The Morgan fingerprint density at radius 2 is 1.76 bits per heavy atom. The van der Waals surface area contributed by atoms with E-state index in [9.17, 15) is 9.59 Å². The number of imide groups is 1. The van der Waals surface area contributed by atoms with E-state index in [0.29, 0.717) is 29.7 Å². The van der Waals surface area contributed by atoms with E-state index in [4.69, 9.17) is 5.26 Å². The average Bonchev–Trinajstić information content (AvgIpc) is 3.16. The second-order valence-electron chi connectivity index (χ2n) is 6.10.